The summed E-state index contributed by atoms with van der Waals surface area (Å²) in [6, 6.07) is 15.6. The van der Waals surface area contributed by atoms with Crippen LogP contribution in [0.3, 0.4) is 0 Å². The monoisotopic (exact) mass is 448 g/mol. The Morgan fingerprint density at radius 1 is 1.09 bits per heavy atom. The van der Waals surface area contributed by atoms with Gasteiger partial charge in [-0.3, -0.25) is 19.0 Å². The van der Waals surface area contributed by atoms with Crippen molar-refractivity contribution < 1.29 is 14.0 Å². The minimum absolute atomic E-state index is 0.00254. The Bertz CT molecular complexity index is 1380. The Morgan fingerprint density at radius 2 is 1.88 bits per heavy atom. The van der Waals surface area contributed by atoms with Crippen LogP contribution in [0.25, 0.3) is 16.3 Å². The lowest BCUT2D eigenvalue weighted by Gasteiger charge is -2.09. The molecule has 0 bridgehead atoms. The summed E-state index contributed by atoms with van der Waals surface area (Å²) >= 11 is 1.28. The molecule has 160 valence electrons. The summed E-state index contributed by atoms with van der Waals surface area (Å²) in [4.78, 5) is 40.4. The maximum absolute atomic E-state index is 14.5. The topological polar surface area (TPSA) is 107 Å². The zero-order valence-corrected chi connectivity index (χ0v) is 17.4. The molecule has 0 aliphatic carbocycles. The quantitative estimate of drug-likeness (QED) is 0.471. The summed E-state index contributed by atoms with van der Waals surface area (Å²) in [7, 11) is 0. The number of thiazole rings is 1. The number of carbonyl (C=O) groups excluding carboxylic acids is 2. The fourth-order valence-corrected chi connectivity index (χ4v) is 4.01. The third-order valence-corrected chi connectivity index (χ3v) is 5.57. The highest BCUT2D eigenvalue weighted by Crippen LogP contribution is 2.27. The van der Waals surface area contributed by atoms with Gasteiger partial charge in [0.05, 0.1) is 23.5 Å². The van der Waals surface area contributed by atoms with Crippen LogP contribution in [0.4, 0.5) is 10.1 Å². The van der Waals surface area contributed by atoms with Crippen molar-refractivity contribution in [3.63, 3.8) is 0 Å². The average molecular weight is 448 g/mol. The van der Waals surface area contributed by atoms with Gasteiger partial charge in [0, 0.05) is 34.8 Å². The second kappa shape index (κ2) is 8.94. The van der Waals surface area contributed by atoms with E-state index in [2.05, 4.69) is 10.3 Å². The Balaban J connectivity index is 1.48. The van der Waals surface area contributed by atoms with E-state index in [1.165, 1.54) is 40.3 Å². The summed E-state index contributed by atoms with van der Waals surface area (Å²) in [5.41, 5.74) is 6.89. The van der Waals surface area contributed by atoms with Crippen LogP contribution in [-0.4, -0.2) is 21.4 Å². The second-order valence-corrected chi connectivity index (χ2v) is 7.71. The first-order chi connectivity index (χ1) is 15.4. The number of nitrogens with two attached hydrogens (primary N) is 1. The van der Waals surface area contributed by atoms with Crippen molar-refractivity contribution in [1.82, 2.24) is 9.55 Å². The van der Waals surface area contributed by atoms with Crippen molar-refractivity contribution in [2.24, 2.45) is 5.73 Å². The number of rotatable bonds is 6. The molecule has 2 heterocycles. The van der Waals surface area contributed by atoms with E-state index in [9.17, 15) is 18.8 Å². The predicted molar refractivity (Wildman–Crippen MR) is 120 cm³/mol. The van der Waals surface area contributed by atoms with Crippen molar-refractivity contribution in [2.75, 3.05) is 5.32 Å². The summed E-state index contributed by atoms with van der Waals surface area (Å²) in [6.07, 6.45) is 1.46. The molecule has 0 unspecified atom stereocenters. The average Bonchev–Trinajstić information content (AvgIpc) is 3.23. The van der Waals surface area contributed by atoms with Crippen LogP contribution >= 0.6 is 11.3 Å². The van der Waals surface area contributed by atoms with Gasteiger partial charge in [0.2, 0.25) is 11.8 Å². The molecule has 7 nitrogen and oxygen atoms in total. The highest BCUT2D eigenvalue weighted by Gasteiger charge is 2.15. The van der Waals surface area contributed by atoms with E-state index in [-0.39, 0.29) is 17.7 Å². The number of aromatic nitrogens is 2. The van der Waals surface area contributed by atoms with E-state index < -0.39 is 17.6 Å². The SMILES string of the molecule is NC(=O)c1ccccc1-c1nc(CC(=O)Nc2ccc(-n3ccccc3=O)cc2F)cs1. The number of anilines is 1. The van der Waals surface area contributed by atoms with Gasteiger partial charge in [-0.25, -0.2) is 9.37 Å². The Morgan fingerprint density at radius 3 is 2.62 bits per heavy atom. The molecule has 0 spiro atoms. The molecule has 9 heteroatoms. The summed E-state index contributed by atoms with van der Waals surface area (Å²) < 4.78 is 15.8. The minimum Gasteiger partial charge on any atom is -0.366 e. The third kappa shape index (κ3) is 4.47. The number of primary amides is 1. The summed E-state index contributed by atoms with van der Waals surface area (Å²) in [5, 5.41) is 4.78. The number of nitrogens with zero attached hydrogens (tertiary/aromatic N) is 2. The molecule has 2 amide bonds. The van der Waals surface area contributed by atoms with Gasteiger partial charge >= 0.3 is 0 Å². The molecule has 4 aromatic rings. The van der Waals surface area contributed by atoms with Crippen molar-refractivity contribution in [3.8, 4) is 16.3 Å². The largest absolute Gasteiger partial charge is 0.366 e. The van der Waals surface area contributed by atoms with Gasteiger partial charge in [0.1, 0.15) is 10.8 Å². The normalized spacial score (nSPS) is 10.7. The molecule has 32 heavy (non-hydrogen) atoms. The van der Waals surface area contributed by atoms with E-state index in [4.69, 9.17) is 5.73 Å². The highest BCUT2D eigenvalue weighted by atomic mass is 32.1. The van der Waals surface area contributed by atoms with Crippen LogP contribution in [0, 0.1) is 5.82 Å². The van der Waals surface area contributed by atoms with Crippen molar-refractivity contribution in [3.05, 3.63) is 99.7 Å². The number of benzene rings is 2. The molecule has 0 saturated heterocycles. The number of halogens is 1. The van der Waals surface area contributed by atoms with Crippen LogP contribution in [0.2, 0.25) is 0 Å². The second-order valence-electron chi connectivity index (χ2n) is 6.85. The molecule has 2 aromatic heterocycles. The summed E-state index contributed by atoms with van der Waals surface area (Å²) in [5.74, 6) is -1.68. The van der Waals surface area contributed by atoms with Crippen LogP contribution in [-0.2, 0) is 11.2 Å². The van der Waals surface area contributed by atoms with E-state index in [1.807, 2.05) is 0 Å². The lowest BCUT2D eigenvalue weighted by Crippen LogP contribution is -2.17. The number of hydrogen-bond acceptors (Lipinski definition) is 5. The number of carbonyl (C=O) groups is 2. The lowest BCUT2D eigenvalue weighted by atomic mass is 10.1. The summed E-state index contributed by atoms with van der Waals surface area (Å²) in [6.45, 7) is 0. The van der Waals surface area contributed by atoms with E-state index >= 15 is 0 Å². The molecular formula is C23H17FN4O3S. The van der Waals surface area contributed by atoms with Gasteiger partial charge in [-0.1, -0.05) is 24.3 Å². The van der Waals surface area contributed by atoms with Crippen LogP contribution in [0.5, 0.6) is 0 Å². The molecular weight excluding hydrogens is 431 g/mol. The van der Waals surface area contributed by atoms with Crippen molar-refractivity contribution >= 4 is 28.8 Å². The first kappa shape index (κ1) is 21.1. The van der Waals surface area contributed by atoms with Crippen LogP contribution < -0.4 is 16.6 Å². The molecule has 0 fully saturated rings. The lowest BCUT2D eigenvalue weighted by molar-refractivity contribution is -0.115. The number of nitrogens with one attached hydrogen (secondary N) is 1. The third-order valence-electron chi connectivity index (χ3n) is 4.64. The number of pyridine rings is 1. The zero-order chi connectivity index (χ0) is 22.7. The molecule has 0 atom stereocenters. The Hall–Kier alpha value is -4.11. The molecule has 4 rings (SSSR count). The molecule has 2 aromatic carbocycles. The van der Waals surface area contributed by atoms with Gasteiger partial charge in [0.25, 0.3) is 5.56 Å². The maximum Gasteiger partial charge on any atom is 0.255 e. The van der Waals surface area contributed by atoms with Gasteiger partial charge < -0.3 is 11.1 Å². The number of amides is 2. The van der Waals surface area contributed by atoms with Crippen molar-refractivity contribution in [2.45, 2.75) is 6.42 Å². The first-order valence-electron chi connectivity index (χ1n) is 9.53. The molecule has 0 saturated carbocycles. The van der Waals surface area contributed by atoms with Gasteiger partial charge in [-0.05, 0) is 24.3 Å². The zero-order valence-electron chi connectivity index (χ0n) is 16.6. The molecule has 3 N–H and O–H groups in total. The van der Waals surface area contributed by atoms with Crippen LogP contribution in [0.15, 0.2) is 77.0 Å². The van der Waals surface area contributed by atoms with Crippen molar-refractivity contribution in [1.29, 1.82) is 0 Å². The molecule has 0 aliphatic rings. The minimum atomic E-state index is -0.666. The first-order valence-corrected chi connectivity index (χ1v) is 10.4. The smallest absolute Gasteiger partial charge is 0.255 e. The maximum atomic E-state index is 14.5. The van der Waals surface area contributed by atoms with Crippen LogP contribution in [0.1, 0.15) is 16.1 Å². The fourth-order valence-electron chi connectivity index (χ4n) is 3.15. The van der Waals surface area contributed by atoms with Gasteiger partial charge in [0.15, 0.2) is 0 Å². The van der Waals surface area contributed by atoms with Gasteiger partial charge in [-0.15, -0.1) is 11.3 Å². The fraction of sp³-hybridized carbons (Fsp3) is 0.0435. The highest BCUT2D eigenvalue weighted by molar-refractivity contribution is 7.13. The van der Waals surface area contributed by atoms with E-state index in [0.717, 1.165) is 0 Å². The number of hydrogen-bond donors (Lipinski definition) is 2. The Kier molecular flexibility index (Phi) is 5.91. The van der Waals surface area contributed by atoms with Gasteiger partial charge in [-0.2, -0.15) is 0 Å². The Labute approximate surface area is 186 Å². The standard InChI is InChI=1S/C23H17FN4O3S/c24-18-12-15(28-10-4-3-7-21(28)30)8-9-19(18)27-20(29)11-14-13-32-23(26-14)17-6-2-1-5-16(17)22(25)31/h1-10,12-13H,11H2,(H2,25,31)(H,27,29). The molecule has 0 aliphatic heterocycles. The van der Waals surface area contributed by atoms with E-state index in [1.54, 1.807) is 47.8 Å². The molecule has 0 radical (unpaired) electrons. The van der Waals surface area contributed by atoms with E-state index in [0.29, 0.717) is 27.5 Å². The predicted octanol–water partition coefficient (Wildman–Crippen LogP) is 3.38.